The lowest BCUT2D eigenvalue weighted by Crippen LogP contribution is -2.25. The van der Waals surface area contributed by atoms with E-state index in [4.69, 9.17) is 11.6 Å². The summed E-state index contributed by atoms with van der Waals surface area (Å²) in [4.78, 5) is 27.5. The molecular weight excluding hydrogens is 433 g/mol. The summed E-state index contributed by atoms with van der Waals surface area (Å²) in [5.74, 6) is -2.82. The molecule has 1 aromatic carbocycles. The number of aromatic nitrogens is 3. The van der Waals surface area contributed by atoms with Gasteiger partial charge in [0.15, 0.2) is 5.69 Å². The first-order valence-corrected chi connectivity index (χ1v) is 9.24. The summed E-state index contributed by atoms with van der Waals surface area (Å²) in [6, 6.07) is 5.40. The van der Waals surface area contributed by atoms with Crippen LogP contribution in [0.15, 0.2) is 30.5 Å². The summed E-state index contributed by atoms with van der Waals surface area (Å²) in [6.45, 7) is 1.71. The van der Waals surface area contributed by atoms with Gasteiger partial charge in [-0.2, -0.15) is 18.3 Å². The second-order valence-electron chi connectivity index (χ2n) is 5.67. The Kier molecular flexibility index (Phi) is 5.62. The summed E-state index contributed by atoms with van der Waals surface area (Å²) in [6.07, 6.45) is -3.78. The molecule has 0 atom stereocenters. The molecule has 1 N–H and O–H groups in total. The highest BCUT2D eigenvalue weighted by atomic mass is 35.5. The molecule has 12 heteroatoms. The largest absolute Gasteiger partial charge is 0.543 e. The molecule has 2 aromatic heterocycles. The topological polar surface area (TPSA) is 99.9 Å². The van der Waals surface area contributed by atoms with Gasteiger partial charge in [-0.15, -0.1) is 11.3 Å². The molecule has 3 rings (SSSR count). The van der Waals surface area contributed by atoms with Gasteiger partial charge < -0.3 is 15.2 Å². The third-order valence-electron chi connectivity index (χ3n) is 3.75. The number of amides is 1. The molecule has 0 saturated heterocycles. The fourth-order valence-corrected chi connectivity index (χ4v) is 3.49. The highest BCUT2D eigenvalue weighted by Gasteiger charge is 2.40. The predicted octanol–water partition coefficient (Wildman–Crippen LogP) is 3.18. The number of carbonyl (C=O) groups is 2. The number of benzene rings is 1. The number of nitrogens with one attached hydrogen (secondary N) is 1. The number of hydrogen-bond donors (Lipinski definition) is 1. The van der Waals surface area contributed by atoms with Crippen LogP contribution >= 0.6 is 22.9 Å². The van der Waals surface area contributed by atoms with Gasteiger partial charge in [0.25, 0.3) is 5.91 Å². The van der Waals surface area contributed by atoms with Crippen molar-refractivity contribution in [1.29, 1.82) is 0 Å². The Labute approximate surface area is 170 Å². The molecule has 0 aliphatic heterocycles. The first-order chi connectivity index (χ1) is 13.6. The fourth-order valence-electron chi connectivity index (χ4n) is 2.47. The summed E-state index contributed by atoms with van der Waals surface area (Å²) in [7, 11) is 0. The molecule has 7 nitrogen and oxygen atoms in total. The number of aromatic carboxylic acids is 1. The molecule has 0 aliphatic rings. The number of anilines is 1. The van der Waals surface area contributed by atoms with Crippen LogP contribution in [0.5, 0.6) is 0 Å². The second-order valence-corrected chi connectivity index (χ2v) is 7.19. The first-order valence-electron chi connectivity index (χ1n) is 8.05. The van der Waals surface area contributed by atoms with Crippen molar-refractivity contribution >= 4 is 39.8 Å². The maximum Gasteiger partial charge on any atom is 0.434 e. The van der Waals surface area contributed by atoms with Crippen LogP contribution in [0.4, 0.5) is 18.2 Å². The number of halogens is 4. The van der Waals surface area contributed by atoms with Gasteiger partial charge in [0.2, 0.25) is 0 Å². The lowest BCUT2D eigenvalue weighted by molar-refractivity contribution is -0.255. The Balaban J connectivity index is 2.03. The van der Waals surface area contributed by atoms with Crippen molar-refractivity contribution in [2.24, 2.45) is 0 Å². The quantitative estimate of drug-likeness (QED) is 0.652. The lowest BCUT2D eigenvalue weighted by Gasteiger charge is -2.13. The molecule has 29 heavy (non-hydrogen) atoms. The molecule has 0 aliphatic carbocycles. The van der Waals surface area contributed by atoms with Crippen LogP contribution in [0, 0.1) is 0 Å². The standard InChI is InChI=1S/C17H12ClF3N4O3S/c1-2-11-23-12(16(27)28)15(29-11)24-14(26)10-7-22-25(13(10)17(19,20)21)9-5-3-8(18)4-6-9/h3-7H,2H2,1H3,(H,24,26)(H,27,28)/p-1. The summed E-state index contributed by atoms with van der Waals surface area (Å²) >= 11 is 6.60. The van der Waals surface area contributed by atoms with Crippen molar-refractivity contribution in [2.45, 2.75) is 19.5 Å². The zero-order chi connectivity index (χ0) is 21.3. The Morgan fingerprint density at radius 2 is 1.93 bits per heavy atom. The number of hydrogen-bond acceptors (Lipinski definition) is 6. The minimum absolute atomic E-state index is 0.0438. The number of carboxylic acid groups (broad SMARTS) is 1. The monoisotopic (exact) mass is 443 g/mol. The van der Waals surface area contributed by atoms with Crippen LogP contribution in [-0.2, 0) is 12.6 Å². The van der Waals surface area contributed by atoms with Crippen LogP contribution in [0.25, 0.3) is 5.69 Å². The van der Waals surface area contributed by atoms with E-state index >= 15 is 0 Å². The number of thiazole rings is 1. The number of carboxylic acids is 1. The summed E-state index contributed by atoms with van der Waals surface area (Å²) in [5.41, 5.74) is -2.59. The number of aryl methyl sites for hydroxylation is 1. The molecule has 3 aromatic rings. The van der Waals surface area contributed by atoms with Gasteiger partial charge in [-0.05, 0) is 30.7 Å². The van der Waals surface area contributed by atoms with E-state index in [0.29, 0.717) is 21.1 Å². The van der Waals surface area contributed by atoms with E-state index in [0.717, 1.165) is 17.5 Å². The maximum atomic E-state index is 13.7. The zero-order valence-electron chi connectivity index (χ0n) is 14.6. The molecule has 0 bridgehead atoms. The molecule has 152 valence electrons. The minimum atomic E-state index is -4.91. The number of rotatable bonds is 5. The Morgan fingerprint density at radius 1 is 1.28 bits per heavy atom. The minimum Gasteiger partial charge on any atom is -0.543 e. The van der Waals surface area contributed by atoms with Gasteiger partial charge in [-0.25, -0.2) is 9.67 Å². The van der Waals surface area contributed by atoms with Gasteiger partial charge >= 0.3 is 6.18 Å². The maximum absolute atomic E-state index is 13.7. The molecule has 0 radical (unpaired) electrons. The van der Waals surface area contributed by atoms with Crippen LogP contribution in [0.2, 0.25) is 5.02 Å². The van der Waals surface area contributed by atoms with Crippen molar-refractivity contribution in [3.63, 3.8) is 0 Å². The van der Waals surface area contributed by atoms with E-state index in [9.17, 15) is 27.9 Å². The van der Waals surface area contributed by atoms with Crippen LogP contribution < -0.4 is 10.4 Å². The summed E-state index contributed by atoms with van der Waals surface area (Å²) in [5, 5.41) is 17.5. The average Bonchev–Trinajstić information content (AvgIpc) is 3.26. The van der Waals surface area contributed by atoms with Crippen molar-refractivity contribution in [1.82, 2.24) is 14.8 Å². The third-order valence-corrected chi connectivity index (χ3v) is 5.11. The van der Waals surface area contributed by atoms with Crippen LogP contribution in [0.1, 0.15) is 38.5 Å². The van der Waals surface area contributed by atoms with Gasteiger partial charge in [-0.3, -0.25) is 4.79 Å². The van der Waals surface area contributed by atoms with Crippen LogP contribution in [0.3, 0.4) is 0 Å². The van der Waals surface area contributed by atoms with E-state index in [1.54, 1.807) is 6.92 Å². The smallest absolute Gasteiger partial charge is 0.434 e. The van der Waals surface area contributed by atoms with Crippen molar-refractivity contribution < 1.29 is 27.9 Å². The molecule has 2 heterocycles. The van der Waals surface area contributed by atoms with E-state index in [1.807, 2.05) is 0 Å². The van der Waals surface area contributed by atoms with E-state index in [-0.39, 0.29) is 10.7 Å². The van der Waals surface area contributed by atoms with Gasteiger partial charge in [0, 0.05) is 5.02 Å². The second kappa shape index (κ2) is 7.84. The van der Waals surface area contributed by atoms with Crippen LogP contribution in [-0.4, -0.2) is 26.6 Å². The molecule has 0 fully saturated rings. The highest BCUT2D eigenvalue weighted by molar-refractivity contribution is 7.16. The first kappa shape index (κ1) is 20.8. The van der Waals surface area contributed by atoms with Gasteiger partial charge in [0.05, 0.1) is 28.4 Å². The van der Waals surface area contributed by atoms with Crippen molar-refractivity contribution in [3.05, 3.63) is 57.4 Å². The van der Waals surface area contributed by atoms with Crippen molar-refractivity contribution in [2.75, 3.05) is 5.32 Å². The third kappa shape index (κ3) is 4.25. The number of carbonyl (C=O) groups excluding carboxylic acids is 2. The highest BCUT2D eigenvalue weighted by Crippen LogP contribution is 2.35. The molecule has 0 saturated carbocycles. The average molecular weight is 444 g/mol. The number of alkyl halides is 3. The van der Waals surface area contributed by atoms with Crippen molar-refractivity contribution in [3.8, 4) is 5.69 Å². The van der Waals surface area contributed by atoms with Gasteiger partial charge in [0.1, 0.15) is 10.7 Å². The Bertz CT molecular complexity index is 1080. The fraction of sp³-hybridized carbons (Fsp3) is 0.176. The summed E-state index contributed by atoms with van der Waals surface area (Å²) < 4.78 is 41.6. The molecule has 0 spiro atoms. The Hall–Kier alpha value is -2.92. The SMILES string of the molecule is CCc1nc(C(=O)[O-])c(NC(=O)c2cnn(-c3ccc(Cl)cc3)c2C(F)(F)F)s1. The zero-order valence-corrected chi connectivity index (χ0v) is 16.2. The molecule has 0 unspecified atom stereocenters. The van der Waals surface area contributed by atoms with E-state index in [1.165, 1.54) is 24.3 Å². The van der Waals surface area contributed by atoms with E-state index < -0.39 is 35.0 Å². The normalized spacial score (nSPS) is 11.5. The predicted molar refractivity (Wildman–Crippen MR) is 97.4 cm³/mol. The van der Waals surface area contributed by atoms with Gasteiger partial charge in [-0.1, -0.05) is 18.5 Å². The lowest BCUT2D eigenvalue weighted by atomic mass is 10.2. The number of nitrogens with zero attached hydrogens (tertiary/aromatic N) is 3. The van der Waals surface area contributed by atoms with E-state index in [2.05, 4.69) is 15.4 Å². The molecular formula is C17H11ClF3N4O3S-. The molecule has 1 amide bonds. The Morgan fingerprint density at radius 3 is 2.48 bits per heavy atom.